The van der Waals surface area contributed by atoms with Crippen LogP contribution in [0, 0.1) is 0 Å². The Balaban J connectivity index is 2.51. The van der Waals surface area contributed by atoms with Crippen molar-refractivity contribution in [1.29, 1.82) is 0 Å². The molecule has 60 valence electrons. The Morgan fingerprint density at radius 1 is 1.00 bits per heavy atom. The lowest BCUT2D eigenvalue weighted by Gasteiger charge is -1.95. The fourth-order valence-corrected chi connectivity index (χ4v) is 1.37. The third kappa shape index (κ3) is 1.25. The van der Waals surface area contributed by atoms with E-state index in [-0.39, 0.29) is 0 Å². The molecule has 0 bridgehead atoms. The van der Waals surface area contributed by atoms with Gasteiger partial charge in [0.2, 0.25) is 0 Å². The van der Waals surface area contributed by atoms with Crippen molar-refractivity contribution in [2.75, 3.05) is 0 Å². The largest absolute Gasteiger partial charge is 0.471 e. The first-order valence-corrected chi connectivity index (χ1v) is 4.13. The molecular formula is C10H8OS. The lowest BCUT2D eigenvalue weighted by molar-refractivity contribution is 0.562. The summed E-state index contributed by atoms with van der Waals surface area (Å²) in [6.07, 6.45) is 3.34. The van der Waals surface area contributed by atoms with Gasteiger partial charge in [-0.2, -0.15) is 0 Å². The minimum absolute atomic E-state index is 0.876. The Morgan fingerprint density at radius 2 is 1.75 bits per heavy atom. The minimum atomic E-state index is 0.876. The Bertz CT molecular complexity index is 364. The van der Waals surface area contributed by atoms with Crippen molar-refractivity contribution in [3.63, 3.8) is 0 Å². The molecule has 0 atom stereocenters. The second-order valence-electron chi connectivity index (χ2n) is 2.54. The number of thiol groups is 1. The summed E-state index contributed by atoms with van der Waals surface area (Å²) in [5, 5.41) is 0. The van der Waals surface area contributed by atoms with E-state index in [0.717, 1.165) is 16.0 Å². The van der Waals surface area contributed by atoms with E-state index >= 15 is 0 Å². The average Bonchev–Trinajstić information content (AvgIpc) is 2.53. The van der Waals surface area contributed by atoms with Gasteiger partial charge in [0.05, 0.1) is 11.2 Å². The van der Waals surface area contributed by atoms with Crippen molar-refractivity contribution in [3.05, 3.63) is 42.9 Å². The van der Waals surface area contributed by atoms with E-state index in [2.05, 4.69) is 12.6 Å². The van der Waals surface area contributed by atoms with Crippen LogP contribution in [0.15, 0.2) is 52.2 Å². The van der Waals surface area contributed by atoms with Gasteiger partial charge in [-0.1, -0.05) is 30.3 Å². The number of rotatable bonds is 1. The smallest absolute Gasteiger partial charge is 0.104 e. The third-order valence-electron chi connectivity index (χ3n) is 1.73. The predicted molar refractivity (Wildman–Crippen MR) is 51.4 cm³/mol. The molecule has 0 saturated heterocycles. The van der Waals surface area contributed by atoms with E-state index in [4.69, 9.17) is 4.42 Å². The van der Waals surface area contributed by atoms with Crippen LogP contribution in [0.3, 0.4) is 0 Å². The van der Waals surface area contributed by atoms with Gasteiger partial charge in [0.15, 0.2) is 0 Å². The molecule has 1 aromatic heterocycles. The number of benzene rings is 1. The zero-order valence-corrected chi connectivity index (χ0v) is 7.29. The maximum absolute atomic E-state index is 5.02. The van der Waals surface area contributed by atoms with E-state index < -0.39 is 0 Å². The molecule has 2 heteroatoms. The first-order valence-electron chi connectivity index (χ1n) is 3.68. The van der Waals surface area contributed by atoms with Crippen molar-refractivity contribution in [1.82, 2.24) is 0 Å². The Hall–Kier alpha value is -1.15. The molecular weight excluding hydrogens is 168 g/mol. The molecule has 2 rings (SSSR count). The van der Waals surface area contributed by atoms with Crippen LogP contribution in [0.4, 0.5) is 0 Å². The SMILES string of the molecule is Sc1cocc1-c1ccccc1. The molecule has 0 aliphatic carbocycles. The van der Waals surface area contributed by atoms with Crippen LogP contribution in [0.1, 0.15) is 0 Å². The van der Waals surface area contributed by atoms with Crippen molar-refractivity contribution < 1.29 is 4.42 Å². The fourth-order valence-electron chi connectivity index (χ4n) is 1.12. The van der Waals surface area contributed by atoms with Crippen LogP contribution in [0.2, 0.25) is 0 Å². The van der Waals surface area contributed by atoms with Gasteiger partial charge in [0.1, 0.15) is 6.26 Å². The van der Waals surface area contributed by atoms with Crippen LogP contribution in [0.5, 0.6) is 0 Å². The second kappa shape index (κ2) is 3.07. The molecule has 0 N–H and O–H groups in total. The predicted octanol–water partition coefficient (Wildman–Crippen LogP) is 3.24. The maximum Gasteiger partial charge on any atom is 0.104 e. The highest BCUT2D eigenvalue weighted by molar-refractivity contribution is 7.80. The topological polar surface area (TPSA) is 13.1 Å². The van der Waals surface area contributed by atoms with E-state index in [0.29, 0.717) is 0 Å². The van der Waals surface area contributed by atoms with Crippen molar-refractivity contribution in [3.8, 4) is 11.1 Å². The molecule has 0 unspecified atom stereocenters. The average molecular weight is 176 g/mol. The summed E-state index contributed by atoms with van der Waals surface area (Å²) in [5.74, 6) is 0. The van der Waals surface area contributed by atoms with Gasteiger partial charge in [0.25, 0.3) is 0 Å². The Labute approximate surface area is 76.4 Å². The highest BCUT2D eigenvalue weighted by Crippen LogP contribution is 2.26. The summed E-state index contributed by atoms with van der Waals surface area (Å²) < 4.78 is 5.02. The second-order valence-corrected chi connectivity index (χ2v) is 3.02. The lowest BCUT2D eigenvalue weighted by Crippen LogP contribution is -1.72. The zero-order chi connectivity index (χ0) is 8.39. The summed E-state index contributed by atoms with van der Waals surface area (Å²) in [7, 11) is 0. The summed E-state index contributed by atoms with van der Waals surface area (Å²) >= 11 is 4.27. The van der Waals surface area contributed by atoms with Gasteiger partial charge in [-0.3, -0.25) is 0 Å². The summed E-state index contributed by atoms with van der Waals surface area (Å²) in [6, 6.07) is 10.0. The lowest BCUT2D eigenvalue weighted by atomic mass is 10.1. The summed E-state index contributed by atoms with van der Waals surface area (Å²) in [4.78, 5) is 0.876. The molecule has 0 fully saturated rings. The van der Waals surface area contributed by atoms with E-state index in [1.54, 1.807) is 12.5 Å². The zero-order valence-electron chi connectivity index (χ0n) is 6.40. The Morgan fingerprint density at radius 3 is 2.33 bits per heavy atom. The molecule has 1 heterocycles. The van der Waals surface area contributed by atoms with E-state index in [1.165, 1.54) is 0 Å². The molecule has 0 aliphatic rings. The highest BCUT2D eigenvalue weighted by atomic mass is 32.1. The molecule has 2 aromatic rings. The maximum atomic E-state index is 5.02. The summed E-state index contributed by atoms with van der Waals surface area (Å²) in [6.45, 7) is 0. The minimum Gasteiger partial charge on any atom is -0.471 e. The Kier molecular flexibility index (Phi) is 1.92. The monoisotopic (exact) mass is 176 g/mol. The number of hydrogen-bond donors (Lipinski definition) is 1. The van der Waals surface area contributed by atoms with Crippen molar-refractivity contribution in [2.45, 2.75) is 4.90 Å². The van der Waals surface area contributed by atoms with Gasteiger partial charge in [-0.25, -0.2) is 0 Å². The standard InChI is InChI=1S/C10H8OS/c12-10-7-11-6-9(10)8-4-2-1-3-5-8/h1-7,12H. The molecule has 12 heavy (non-hydrogen) atoms. The van der Waals surface area contributed by atoms with Gasteiger partial charge in [0, 0.05) is 5.56 Å². The first kappa shape index (κ1) is 7.50. The van der Waals surface area contributed by atoms with Crippen LogP contribution in [-0.4, -0.2) is 0 Å². The molecule has 1 aromatic carbocycles. The van der Waals surface area contributed by atoms with Gasteiger partial charge >= 0.3 is 0 Å². The molecule has 1 nitrogen and oxygen atoms in total. The normalized spacial score (nSPS) is 10.1. The van der Waals surface area contributed by atoms with Gasteiger partial charge in [-0.05, 0) is 5.56 Å². The van der Waals surface area contributed by atoms with Gasteiger partial charge in [-0.15, -0.1) is 12.6 Å². The van der Waals surface area contributed by atoms with Gasteiger partial charge < -0.3 is 4.42 Å². The third-order valence-corrected chi connectivity index (χ3v) is 2.07. The van der Waals surface area contributed by atoms with Crippen LogP contribution < -0.4 is 0 Å². The molecule has 0 spiro atoms. The van der Waals surface area contributed by atoms with Crippen molar-refractivity contribution in [2.24, 2.45) is 0 Å². The van der Waals surface area contributed by atoms with Crippen LogP contribution in [0.25, 0.3) is 11.1 Å². The van der Waals surface area contributed by atoms with Crippen molar-refractivity contribution >= 4 is 12.6 Å². The summed E-state index contributed by atoms with van der Waals surface area (Å²) in [5.41, 5.74) is 2.18. The molecule has 0 radical (unpaired) electrons. The number of furan rings is 1. The molecule has 0 aliphatic heterocycles. The van der Waals surface area contributed by atoms with E-state index in [9.17, 15) is 0 Å². The van der Waals surface area contributed by atoms with Crippen LogP contribution >= 0.6 is 12.6 Å². The first-order chi connectivity index (χ1) is 5.88. The molecule has 0 saturated carbocycles. The molecule has 0 amide bonds. The quantitative estimate of drug-likeness (QED) is 0.658. The number of hydrogen-bond acceptors (Lipinski definition) is 2. The van der Waals surface area contributed by atoms with E-state index in [1.807, 2.05) is 30.3 Å². The fraction of sp³-hybridized carbons (Fsp3) is 0. The highest BCUT2D eigenvalue weighted by Gasteiger charge is 2.02. The van der Waals surface area contributed by atoms with Crippen LogP contribution in [-0.2, 0) is 0 Å².